The molecule has 1 saturated heterocycles. The van der Waals surface area contributed by atoms with Gasteiger partial charge in [0.1, 0.15) is 0 Å². The highest BCUT2D eigenvalue weighted by Gasteiger charge is 2.63. The number of rotatable bonds is 1. The lowest BCUT2D eigenvalue weighted by atomic mass is 9.61. The summed E-state index contributed by atoms with van der Waals surface area (Å²) in [5.74, 6) is 2.35. The van der Waals surface area contributed by atoms with Gasteiger partial charge in [-0.15, -0.1) is 0 Å². The van der Waals surface area contributed by atoms with E-state index in [9.17, 15) is 4.79 Å². The van der Waals surface area contributed by atoms with Crippen molar-refractivity contribution in [1.29, 1.82) is 0 Å². The van der Waals surface area contributed by atoms with E-state index in [4.69, 9.17) is 4.74 Å². The Kier molecular flexibility index (Phi) is 2.24. The van der Waals surface area contributed by atoms with Crippen LogP contribution in [0.15, 0.2) is 12.2 Å². The minimum atomic E-state index is -0.00692. The van der Waals surface area contributed by atoms with Crippen molar-refractivity contribution in [3.8, 4) is 0 Å². The number of cyclic esters (lactones) is 1. The summed E-state index contributed by atoms with van der Waals surface area (Å²) in [6.45, 7) is 11.7. The van der Waals surface area contributed by atoms with E-state index in [2.05, 4.69) is 27.4 Å². The zero-order valence-corrected chi connectivity index (χ0v) is 11.0. The molecular weight excluding hydrogens is 212 g/mol. The molecule has 3 fully saturated rings. The molecule has 0 radical (unpaired) electrons. The van der Waals surface area contributed by atoms with Gasteiger partial charge in [0.2, 0.25) is 0 Å². The molecule has 2 heteroatoms. The molecule has 3 aliphatic rings. The van der Waals surface area contributed by atoms with Crippen molar-refractivity contribution in [2.75, 3.05) is 6.61 Å². The lowest BCUT2D eigenvalue weighted by molar-refractivity contribution is -0.161. The molecule has 1 aliphatic heterocycles. The van der Waals surface area contributed by atoms with Crippen LogP contribution < -0.4 is 0 Å². The molecule has 1 heterocycles. The van der Waals surface area contributed by atoms with Crippen LogP contribution in [-0.4, -0.2) is 12.6 Å². The third-order valence-electron chi connectivity index (χ3n) is 5.78. The summed E-state index contributed by atoms with van der Waals surface area (Å²) in [4.78, 5) is 12.0. The van der Waals surface area contributed by atoms with E-state index in [1.165, 1.54) is 12.8 Å². The minimum absolute atomic E-state index is 0.00588. The van der Waals surface area contributed by atoms with Crippen LogP contribution in [0.4, 0.5) is 0 Å². The predicted octanol–water partition coefficient (Wildman–Crippen LogP) is 3.03. The van der Waals surface area contributed by atoms with E-state index >= 15 is 0 Å². The molecular formula is C15H22O2. The van der Waals surface area contributed by atoms with Crippen LogP contribution in [-0.2, 0) is 9.53 Å². The summed E-state index contributed by atoms with van der Waals surface area (Å²) in [6, 6.07) is 0. The quantitative estimate of drug-likeness (QED) is 0.515. The van der Waals surface area contributed by atoms with Crippen molar-refractivity contribution in [3.05, 3.63) is 12.2 Å². The largest absolute Gasteiger partial charge is 0.465 e. The van der Waals surface area contributed by atoms with E-state index in [0.29, 0.717) is 30.3 Å². The molecule has 3 rings (SSSR count). The summed E-state index contributed by atoms with van der Waals surface area (Å²) < 4.78 is 5.37. The van der Waals surface area contributed by atoms with Gasteiger partial charge in [0, 0.05) is 5.92 Å². The van der Waals surface area contributed by atoms with Crippen LogP contribution in [0.5, 0.6) is 0 Å². The monoisotopic (exact) mass is 234 g/mol. The molecule has 2 aliphatic carbocycles. The Bertz CT molecular complexity index is 384. The Morgan fingerprint density at radius 1 is 1.47 bits per heavy atom. The fourth-order valence-corrected chi connectivity index (χ4v) is 4.67. The lowest BCUT2D eigenvalue weighted by Crippen LogP contribution is -2.44. The van der Waals surface area contributed by atoms with Crippen LogP contribution >= 0.6 is 0 Å². The van der Waals surface area contributed by atoms with Crippen molar-refractivity contribution in [3.63, 3.8) is 0 Å². The fraction of sp³-hybridized carbons (Fsp3) is 0.800. The van der Waals surface area contributed by atoms with Gasteiger partial charge >= 0.3 is 5.97 Å². The zero-order chi connectivity index (χ0) is 12.4. The van der Waals surface area contributed by atoms with Gasteiger partial charge < -0.3 is 4.74 Å². The normalized spacial score (nSPS) is 48.5. The SMILES string of the molecule is C=C1[C@@H]2C(=O)OC[C@H]3C2[C@@H](C(C)C)CC[C@@]13C. The van der Waals surface area contributed by atoms with Crippen molar-refractivity contribution < 1.29 is 9.53 Å². The van der Waals surface area contributed by atoms with E-state index in [0.717, 1.165) is 5.57 Å². The van der Waals surface area contributed by atoms with Gasteiger partial charge in [0.25, 0.3) is 0 Å². The molecule has 1 unspecified atom stereocenters. The number of esters is 1. The Morgan fingerprint density at radius 3 is 2.82 bits per heavy atom. The molecule has 0 aromatic carbocycles. The average Bonchev–Trinajstić information content (AvgIpc) is 2.35. The number of carbonyl (C=O) groups is 1. The average molecular weight is 234 g/mol. The summed E-state index contributed by atoms with van der Waals surface area (Å²) in [5.41, 5.74) is 1.32. The van der Waals surface area contributed by atoms with Gasteiger partial charge in [0.05, 0.1) is 12.5 Å². The summed E-state index contributed by atoms with van der Waals surface area (Å²) in [5, 5.41) is 0. The first-order valence-corrected chi connectivity index (χ1v) is 6.82. The second kappa shape index (κ2) is 3.37. The van der Waals surface area contributed by atoms with Crippen molar-refractivity contribution in [2.45, 2.75) is 33.6 Å². The van der Waals surface area contributed by atoms with Gasteiger partial charge in [-0.3, -0.25) is 4.79 Å². The minimum Gasteiger partial charge on any atom is -0.465 e. The Labute approximate surface area is 103 Å². The Morgan fingerprint density at radius 2 is 2.18 bits per heavy atom. The molecule has 0 amide bonds. The van der Waals surface area contributed by atoms with E-state index in [1.807, 2.05) is 0 Å². The third-order valence-corrected chi connectivity index (χ3v) is 5.78. The molecule has 0 N–H and O–H groups in total. The number of hydrogen-bond acceptors (Lipinski definition) is 2. The first-order chi connectivity index (χ1) is 7.97. The zero-order valence-electron chi connectivity index (χ0n) is 11.0. The van der Waals surface area contributed by atoms with Gasteiger partial charge in [-0.2, -0.15) is 0 Å². The second-order valence-electron chi connectivity index (χ2n) is 6.68. The topological polar surface area (TPSA) is 26.3 Å². The summed E-state index contributed by atoms with van der Waals surface area (Å²) in [7, 11) is 0. The third kappa shape index (κ3) is 1.24. The molecule has 4 bridgehead atoms. The summed E-state index contributed by atoms with van der Waals surface area (Å²) in [6.07, 6.45) is 2.43. The Balaban J connectivity index is 2.06. The molecule has 2 nitrogen and oxygen atoms in total. The predicted molar refractivity (Wildman–Crippen MR) is 66.2 cm³/mol. The molecule has 17 heavy (non-hydrogen) atoms. The van der Waals surface area contributed by atoms with Gasteiger partial charge in [-0.05, 0) is 36.0 Å². The molecule has 2 saturated carbocycles. The molecule has 5 atom stereocenters. The van der Waals surface area contributed by atoms with Crippen LogP contribution in [0.25, 0.3) is 0 Å². The highest BCUT2D eigenvalue weighted by atomic mass is 16.5. The summed E-state index contributed by atoms with van der Waals surface area (Å²) >= 11 is 0. The van der Waals surface area contributed by atoms with Crippen molar-refractivity contribution in [2.24, 2.45) is 35.0 Å². The maximum atomic E-state index is 12.0. The van der Waals surface area contributed by atoms with Crippen LogP contribution in [0.1, 0.15) is 33.6 Å². The number of hydrogen-bond donors (Lipinski definition) is 0. The van der Waals surface area contributed by atoms with E-state index in [1.54, 1.807) is 0 Å². The molecule has 94 valence electrons. The number of ether oxygens (including phenoxy) is 1. The van der Waals surface area contributed by atoms with Crippen LogP contribution in [0.3, 0.4) is 0 Å². The smallest absolute Gasteiger partial charge is 0.313 e. The Hall–Kier alpha value is -0.790. The molecule has 0 aromatic rings. The van der Waals surface area contributed by atoms with Crippen molar-refractivity contribution in [1.82, 2.24) is 0 Å². The van der Waals surface area contributed by atoms with E-state index < -0.39 is 0 Å². The van der Waals surface area contributed by atoms with Gasteiger partial charge in [0.15, 0.2) is 0 Å². The van der Waals surface area contributed by atoms with Crippen molar-refractivity contribution >= 4 is 5.97 Å². The first kappa shape index (κ1) is 11.3. The molecule has 0 aromatic heterocycles. The van der Waals surface area contributed by atoms with Gasteiger partial charge in [-0.1, -0.05) is 32.9 Å². The number of carbonyl (C=O) groups excluding carboxylic acids is 1. The maximum absolute atomic E-state index is 12.0. The van der Waals surface area contributed by atoms with Crippen LogP contribution in [0.2, 0.25) is 0 Å². The fourth-order valence-electron chi connectivity index (χ4n) is 4.67. The highest BCUT2D eigenvalue weighted by Crippen LogP contribution is 2.65. The lowest BCUT2D eigenvalue weighted by Gasteiger charge is -2.45. The first-order valence-electron chi connectivity index (χ1n) is 6.82. The van der Waals surface area contributed by atoms with Gasteiger partial charge in [-0.25, -0.2) is 0 Å². The van der Waals surface area contributed by atoms with E-state index in [-0.39, 0.29) is 17.3 Å². The molecule has 0 spiro atoms. The highest BCUT2D eigenvalue weighted by molar-refractivity contribution is 5.79. The maximum Gasteiger partial charge on any atom is 0.313 e. The standard InChI is InChI=1S/C15H22O2/c1-8(2)10-5-6-15(4)9(3)12-13(10)11(15)7-17-14(12)16/h8,10-13H,3,5-7H2,1-2,4H3/t10-,11+,12+,13?,15+/m1/s1. The second-order valence-corrected chi connectivity index (χ2v) is 6.68. The van der Waals surface area contributed by atoms with Crippen LogP contribution in [0, 0.1) is 35.0 Å².